The number of methoxy groups -OCH3 is 1. The first-order chi connectivity index (χ1) is 11.1. The summed E-state index contributed by atoms with van der Waals surface area (Å²) in [5.74, 6) is 1.24. The lowest BCUT2D eigenvalue weighted by Crippen LogP contribution is -2.11. The van der Waals surface area contributed by atoms with Gasteiger partial charge in [0.05, 0.1) is 12.8 Å². The molecule has 0 radical (unpaired) electrons. The highest BCUT2D eigenvalue weighted by atomic mass is 16.5. The summed E-state index contributed by atoms with van der Waals surface area (Å²) in [6.45, 7) is 3.62. The zero-order valence-corrected chi connectivity index (χ0v) is 13.3. The molecule has 0 unspecified atom stereocenters. The maximum Gasteiger partial charge on any atom is 0.349 e. The Bertz CT molecular complexity index is 867. The number of aromatic nitrogens is 1. The van der Waals surface area contributed by atoms with Crippen LogP contribution in [0.25, 0.3) is 10.8 Å². The number of rotatable bonds is 4. The van der Waals surface area contributed by atoms with Gasteiger partial charge in [0.15, 0.2) is 0 Å². The van der Waals surface area contributed by atoms with Gasteiger partial charge < -0.3 is 14.0 Å². The fourth-order valence-electron chi connectivity index (χ4n) is 2.47. The number of hydrogen-bond acceptors (Lipinski definition) is 5. The third kappa shape index (κ3) is 2.90. The average molecular weight is 311 g/mol. The standard InChI is InChI=1S/C18H17NO4/c1-4-16-17(11(2)23-19-16)18(20)22-15-8-6-12-5-7-14(21-3)9-13(12)10-15/h5-10H,4H2,1-3H3. The van der Waals surface area contributed by atoms with Gasteiger partial charge in [-0.3, -0.25) is 0 Å². The Kier molecular flexibility index (Phi) is 4.02. The van der Waals surface area contributed by atoms with Crippen LogP contribution in [-0.2, 0) is 6.42 Å². The smallest absolute Gasteiger partial charge is 0.349 e. The third-order valence-corrected chi connectivity index (χ3v) is 3.70. The maximum atomic E-state index is 12.4. The molecule has 0 amide bonds. The van der Waals surface area contributed by atoms with Crippen LogP contribution in [0.15, 0.2) is 40.9 Å². The van der Waals surface area contributed by atoms with Crippen LogP contribution in [0.5, 0.6) is 11.5 Å². The summed E-state index contributed by atoms with van der Waals surface area (Å²) >= 11 is 0. The lowest BCUT2D eigenvalue weighted by molar-refractivity contribution is 0.0732. The van der Waals surface area contributed by atoms with Crippen molar-refractivity contribution >= 4 is 16.7 Å². The molecule has 23 heavy (non-hydrogen) atoms. The lowest BCUT2D eigenvalue weighted by Gasteiger charge is -2.07. The molecule has 0 saturated carbocycles. The summed E-state index contributed by atoms with van der Waals surface area (Å²) in [7, 11) is 1.62. The number of ether oxygens (including phenoxy) is 2. The van der Waals surface area contributed by atoms with Gasteiger partial charge in [0.1, 0.15) is 22.8 Å². The summed E-state index contributed by atoms with van der Waals surface area (Å²) in [5.41, 5.74) is 1.01. The molecule has 0 N–H and O–H groups in total. The molecule has 118 valence electrons. The SMILES string of the molecule is CCc1noc(C)c1C(=O)Oc1ccc2ccc(OC)cc2c1. The fourth-order valence-corrected chi connectivity index (χ4v) is 2.47. The van der Waals surface area contributed by atoms with Gasteiger partial charge in [0.2, 0.25) is 0 Å². The highest BCUT2D eigenvalue weighted by Crippen LogP contribution is 2.26. The molecule has 0 spiro atoms. The Balaban J connectivity index is 1.91. The number of benzene rings is 2. The first-order valence-corrected chi connectivity index (χ1v) is 7.37. The summed E-state index contributed by atoms with van der Waals surface area (Å²) in [6, 6.07) is 11.2. The van der Waals surface area contributed by atoms with Crippen LogP contribution in [0.1, 0.15) is 28.7 Å². The zero-order chi connectivity index (χ0) is 16.4. The van der Waals surface area contributed by atoms with Crippen molar-refractivity contribution in [2.45, 2.75) is 20.3 Å². The molecular formula is C18H17NO4. The zero-order valence-electron chi connectivity index (χ0n) is 13.3. The van der Waals surface area contributed by atoms with E-state index in [9.17, 15) is 4.79 Å². The molecule has 1 heterocycles. The molecule has 1 aromatic heterocycles. The Morgan fingerprint density at radius 2 is 1.83 bits per heavy atom. The molecule has 0 saturated heterocycles. The number of hydrogen-bond donors (Lipinski definition) is 0. The molecule has 0 aliphatic rings. The van der Waals surface area contributed by atoms with Crippen LogP contribution in [0.4, 0.5) is 0 Å². The predicted octanol–water partition coefficient (Wildman–Crippen LogP) is 3.93. The van der Waals surface area contributed by atoms with Crippen LogP contribution in [-0.4, -0.2) is 18.2 Å². The van der Waals surface area contributed by atoms with Gasteiger partial charge in [0.25, 0.3) is 0 Å². The van der Waals surface area contributed by atoms with Crippen LogP contribution in [0.3, 0.4) is 0 Å². The topological polar surface area (TPSA) is 61.6 Å². The minimum absolute atomic E-state index is 0.401. The van der Waals surface area contributed by atoms with Crippen molar-refractivity contribution in [3.8, 4) is 11.5 Å². The van der Waals surface area contributed by atoms with E-state index >= 15 is 0 Å². The number of carbonyl (C=O) groups excluding carboxylic acids is 1. The molecule has 5 nitrogen and oxygen atoms in total. The van der Waals surface area contributed by atoms with Crippen LogP contribution in [0, 0.1) is 6.92 Å². The largest absolute Gasteiger partial charge is 0.497 e. The maximum absolute atomic E-state index is 12.4. The predicted molar refractivity (Wildman–Crippen MR) is 86.1 cm³/mol. The van der Waals surface area contributed by atoms with Crippen LogP contribution in [0.2, 0.25) is 0 Å². The molecule has 3 aromatic rings. The number of fused-ring (bicyclic) bond motifs is 1. The van der Waals surface area contributed by atoms with E-state index in [1.54, 1.807) is 20.1 Å². The first kappa shape index (κ1) is 15.1. The minimum atomic E-state index is -0.456. The third-order valence-electron chi connectivity index (χ3n) is 3.70. The molecule has 0 fully saturated rings. The van der Waals surface area contributed by atoms with Crippen molar-refractivity contribution in [1.82, 2.24) is 5.16 Å². The van der Waals surface area contributed by atoms with Crippen molar-refractivity contribution < 1.29 is 18.8 Å². The normalized spacial score (nSPS) is 10.7. The van der Waals surface area contributed by atoms with Gasteiger partial charge in [-0.25, -0.2) is 4.79 Å². The molecule has 0 aliphatic carbocycles. The quantitative estimate of drug-likeness (QED) is 0.539. The lowest BCUT2D eigenvalue weighted by atomic mass is 10.1. The molecule has 0 atom stereocenters. The molecule has 3 rings (SSSR count). The summed E-state index contributed by atoms with van der Waals surface area (Å²) in [5, 5.41) is 5.86. The second kappa shape index (κ2) is 6.12. The molecule has 0 bridgehead atoms. The Morgan fingerprint density at radius 3 is 2.52 bits per heavy atom. The van der Waals surface area contributed by atoms with Crippen LogP contribution < -0.4 is 9.47 Å². The summed E-state index contributed by atoms with van der Waals surface area (Å²) in [6.07, 6.45) is 0.608. The second-order valence-electron chi connectivity index (χ2n) is 5.18. The van der Waals surface area contributed by atoms with E-state index < -0.39 is 5.97 Å². The van der Waals surface area contributed by atoms with Gasteiger partial charge in [-0.15, -0.1) is 0 Å². The van der Waals surface area contributed by atoms with E-state index in [1.807, 2.05) is 37.3 Å². The van der Waals surface area contributed by atoms with Gasteiger partial charge in [-0.2, -0.15) is 0 Å². The molecular weight excluding hydrogens is 294 g/mol. The first-order valence-electron chi connectivity index (χ1n) is 7.37. The number of carbonyl (C=O) groups is 1. The molecule has 0 aliphatic heterocycles. The molecule has 5 heteroatoms. The number of nitrogens with zero attached hydrogens (tertiary/aromatic N) is 1. The van der Waals surface area contributed by atoms with Crippen molar-refractivity contribution in [3.05, 3.63) is 53.4 Å². The summed E-state index contributed by atoms with van der Waals surface area (Å²) in [4.78, 5) is 12.4. The van der Waals surface area contributed by atoms with E-state index in [2.05, 4.69) is 5.16 Å². The van der Waals surface area contributed by atoms with Gasteiger partial charge >= 0.3 is 5.97 Å². The number of aryl methyl sites for hydroxylation is 2. The van der Waals surface area contributed by atoms with Crippen molar-refractivity contribution in [2.24, 2.45) is 0 Å². The van der Waals surface area contributed by atoms with Crippen LogP contribution >= 0.6 is 0 Å². The van der Waals surface area contributed by atoms with E-state index in [0.717, 1.165) is 16.5 Å². The minimum Gasteiger partial charge on any atom is -0.497 e. The van der Waals surface area contributed by atoms with E-state index in [1.165, 1.54) is 0 Å². The second-order valence-corrected chi connectivity index (χ2v) is 5.18. The van der Waals surface area contributed by atoms with Crippen molar-refractivity contribution in [2.75, 3.05) is 7.11 Å². The van der Waals surface area contributed by atoms with E-state index in [0.29, 0.717) is 29.2 Å². The Labute approximate surface area is 133 Å². The highest BCUT2D eigenvalue weighted by Gasteiger charge is 2.21. The Hall–Kier alpha value is -2.82. The number of esters is 1. The Morgan fingerprint density at radius 1 is 1.13 bits per heavy atom. The molecule has 2 aromatic carbocycles. The average Bonchev–Trinajstić information content (AvgIpc) is 2.95. The highest BCUT2D eigenvalue weighted by molar-refractivity contribution is 5.94. The van der Waals surface area contributed by atoms with E-state index in [4.69, 9.17) is 14.0 Å². The van der Waals surface area contributed by atoms with E-state index in [-0.39, 0.29) is 0 Å². The van der Waals surface area contributed by atoms with Gasteiger partial charge in [-0.1, -0.05) is 24.2 Å². The van der Waals surface area contributed by atoms with Gasteiger partial charge in [-0.05, 0) is 48.4 Å². The fraction of sp³-hybridized carbons (Fsp3) is 0.222. The summed E-state index contributed by atoms with van der Waals surface area (Å²) < 4.78 is 15.8. The monoisotopic (exact) mass is 311 g/mol. The van der Waals surface area contributed by atoms with Crippen molar-refractivity contribution in [1.29, 1.82) is 0 Å². The van der Waals surface area contributed by atoms with Gasteiger partial charge in [0, 0.05) is 0 Å². The van der Waals surface area contributed by atoms with Crippen molar-refractivity contribution in [3.63, 3.8) is 0 Å².